The molecular formula is C27H22N4O2. The fourth-order valence-electron chi connectivity index (χ4n) is 3.90. The monoisotopic (exact) mass is 434 g/mol. The highest BCUT2D eigenvalue weighted by molar-refractivity contribution is 6.05. The molecule has 0 aliphatic rings. The number of nitrogens with one attached hydrogen (secondary N) is 1. The molecule has 1 amide bonds. The zero-order valence-corrected chi connectivity index (χ0v) is 17.9. The molecule has 0 saturated carbocycles. The van der Waals surface area contributed by atoms with Crippen molar-refractivity contribution < 1.29 is 4.79 Å². The molecule has 0 atom stereocenters. The molecule has 6 nitrogen and oxygen atoms in total. The van der Waals surface area contributed by atoms with Crippen LogP contribution < -0.4 is 11.0 Å². The molecule has 2 aromatic heterocycles. The van der Waals surface area contributed by atoms with Crippen molar-refractivity contribution in [3.05, 3.63) is 136 Å². The van der Waals surface area contributed by atoms with Gasteiger partial charge in [-0.3, -0.25) is 9.20 Å². The Labute approximate surface area is 190 Å². The molecule has 6 heteroatoms. The van der Waals surface area contributed by atoms with Gasteiger partial charge in [-0.15, -0.1) is 5.10 Å². The Bertz CT molecular complexity index is 1490. The van der Waals surface area contributed by atoms with Gasteiger partial charge < -0.3 is 5.32 Å². The topological polar surface area (TPSA) is 68.4 Å². The minimum atomic E-state index is -0.199. The Balaban J connectivity index is 1.35. The first kappa shape index (κ1) is 20.5. The minimum absolute atomic E-state index is 0.163. The van der Waals surface area contributed by atoms with Crippen LogP contribution in [-0.2, 0) is 13.0 Å². The number of carbonyl (C=O) groups is 1. The van der Waals surface area contributed by atoms with Crippen molar-refractivity contribution in [2.24, 2.45) is 0 Å². The third kappa shape index (κ3) is 4.45. The number of hydrogen-bond donors (Lipinski definition) is 1. The van der Waals surface area contributed by atoms with E-state index in [4.69, 9.17) is 0 Å². The minimum Gasteiger partial charge on any atom is -0.322 e. The quantitative estimate of drug-likeness (QED) is 0.431. The van der Waals surface area contributed by atoms with Gasteiger partial charge in [-0.2, -0.15) is 0 Å². The Morgan fingerprint density at radius 1 is 0.818 bits per heavy atom. The lowest BCUT2D eigenvalue weighted by atomic mass is 9.99. The summed E-state index contributed by atoms with van der Waals surface area (Å²) in [6.45, 7) is 0.314. The van der Waals surface area contributed by atoms with Gasteiger partial charge in [0.15, 0.2) is 5.65 Å². The highest BCUT2D eigenvalue weighted by atomic mass is 16.2. The van der Waals surface area contributed by atoms with Crippen LogP contribution in [0.3, 0.4) is 0 Å². The summed E-state index contributed by atoms with van der Waals surface area (Å²) in [6, 6.07) is 30.6. The zero-order valence-electron chi connectivity index (χ0n) is 17.9. The van der Waals surface area contributed by atoms with Gasteiger partial charge in [-0.25, -0.2) is 9.48 Å². The van der Waals surface area contributed by atoms with Crippen LogP contribution in [0.4, 0.5) is 5.69 Å². The van der Waals surface area contributed by atoms with Gasteiger partial charge in [0.05, 0.1) is 6.54 Å². The summed E-state index contributed by atoms with van der Waals surface area (Å²) in [5, 5.41) is 7.38. The van der Waals surface area contributed by atoms with Crippen LogP contribution in [0.2, 0.25) is 0 Å². The number of carbonyl (C=O) groups excluding carboxylic acids is 1. The SMILES string of the molecule is O=C(Nc1cccc(Cn2nc3ccccn3c2=O)c1)c1ccccc1Cc1ccccc1. The van der Waals surface area contributed by atoms with Crippen molar-refractivity contribution in [2.45, 2.75) is 13.0 Å². The second-order valence-electron chi connectivity index (χ2n) is 7.84. The largest absolute Gasteiger partial charge is 0.350 e. The van der Waals surface area contributed by atoms with Crippen molar-refractivity contribution in [3.63, 3.8) is 0 Å². The molecule has 0 spiro atoms. The maximum atomic E-state index is 13.1. The summed E-state index contributed by atoms with van der Waals surface area (Å²) in [7, 11) is 0. The predicted molar refractivity (Wildman–Crippen MR) is 129 cm³/mol. The molecular weight excluding hydrogens is 412 g/mol. The second-order valence-corrected chi connectivity index (χ2v) is 7.84. The molecule has 162 valence electrons. The summed E-state index contributed by atoms with van der Waals surface area (Å²) in [6.07, 6.45) is 2.38. The second kappa shape index (κ2) is 8.96. The predicted octanol–water partition coefficient (Wildman–Crippen LogP) is 4.39. The summed E-state index contributed by atoms with van der Waals surface area (Å²) >= 11 is 0. The third-order valence-corrected chi connectivity index (χ3v) is 5.51. The molecule has 0 fully saturated rings. The average molecular weight is 434 g/mol. The average Bonchev–Trinajstić information content (AvgIpc) is 3.15. The number of pyridine rings is 1. The number of rotatable bonds is 6. The van der Waals surface area contributed by atoms with E-state index in [9.17, 15) is 9.59 Å². The molecule has 33 heavy (non-hydrogen) atoms. The van der Waals surface area contributed by atoms with Gasteiger partial charge in [-0.05, 0) is 53.4 Å². The molecule has 1 N–H and O–H groups in total. The van der Waals surface area contributed by atoms with E-state index in [2.05, 4.69) is 22.5 Å². The molecule has 3 aromatic carbocycles. The smallest absolute Gasteiger partial charge is 0.322 e. The number of fused-ring (bicyclic) bond motifs is 1. The van der Waals surface area contributed by atoms with Crippen molar-refractivity contribution in [2.75, 3.05) is 5.32 Å². The normalized spacial score (nSPS) is 10.9. The molecule has 0 aliphatic carbocycles. The Morgan fingerprint density at radius 3 is 2.42 bits per heavy atom. The Morgan fingerprint density at radius 2 is 1.58 bits per heavy atom. The van der Waals surface area contributed by atoms with Crippen LogP contribution in [-0.4, -0.2) is 20.1 Å². The fourth-order valence-corrected chi connectivity index (χ4v) is 3.90. The van der Waals surface area contributed by atoms with Gasteiger partial charge in [-0.1, -0.05) is 66.7 Å². The van der Waals surface area contributed by atoms with Gasteiger partial charge >= 0.3 is 5.69 Å². The summed E-state index contributed by atoms with van der Waals surface area (Å²) < 4.78 is 2.93. The van der Waals surface area contributed by atoms with E-state index in [0.717, 1.165) is 16.7 Å². The van der Waals surface area contributed by atoms with E-state index in [0.29, 0.717) is 29.9 Å². The van der Waals surface area contributed by atoms with E-state index in [1.165, 1.54) is 9.08 Å². The van der Waals surface area contributed by atoms with Crippen LogP contribution in [0.25, 0.3) is 5.65 Å². The van der Waals surface area contributed by atoms with E-state index >= 15 is 0 Å². The molecule has 0 radical (unpaired) electrons. The van der Waals surface area contributed by atoms with E-state index < -0.39 is 0 Å². The lowest BCUT2D eigenvalue weighted by Gasteiger charge is -2.11. The van der Waals surface area contributed by atoms with Crippen LogP contribution in [0.15, 0.2) is 108 Å². The van der Waals surface area contributed by atoms with Gasteiger partial charge in [0.2, 0.25) is 0 Å². The maximum Gasteiger partial charge on any atom is 0.350 e. The molecule has 2 heterocycles. The highest BCUT2D eigenvalue weighted by Gasteiger charge is 2.13. The number of amides is 1. The van der Waals surface area contributed by atoms with Crippen molar-refractivity contribution >= 4 is 17.2 Å². The van der Waals surface area contributed by atoms with Gasteiger partial charge in [0.1, 0.15) is 0 Å². The zero-order chi connectivity index (χ0) is 22.6. The van der Waals surface area contributed by atoms with Crippen LogP contribution in [0.1, 0.15) is 27.0 Å². The van der Waals surface area contributed by atoms with Crippen molar-refractivity contribution in [1.29, 1.82) is 0 Å². The van der Waals surface area contributed by atoms with Gasteiger partial charge in [0.25, 0.3) is 5.91 Å². The Hall–Kier alpha value is -4.45. The van der Waals surface area contributed by atoms with E-state index in [-0.39, 0.29) is 11.6 Å². The Kier molecular flexibility index (Phi) is 5.55. The van der Waals surface area contributed by atoms with E-state index in [1.54, 1.807) is 18.3 Å². The third-order valence-electron chi connectivity index (χ3n) is 5.51. The van der Waals surface area contributed by atoms with Crippen LogP contribution in [0, 0.1) is 0 Å². The maximum absolute atomic E-state index is 13.1. The number of benzene rings is 3. The highest BCUT2D eigenvalue weighted by Crippen LogP contribution is 2.18. The van der Waals surface area contributed by atoms with Crippen LogP contribution >= 0.6 is 0 Å². The number of anilines is 1. The molecule has 0 aliphatic heterocycles. The van der Waals surface area contributed by atoms with Crippen molar-refractivity contribution in [3.8, 4) is 0 Å². The molecule has 5 rings (SSSR count). The lowest BCUT2D eigenvalue weighted by Crippen LogP contribution is -2.21. The first-order chi connectivity index (χ1) is 16.2. The standard InChI is InChI=1S/C27H22N4O2/c32-26(24-14-5-4-12-22(24)17-20-9-2-1-3-10-20)28-23-13-8-11-21(18-23)19-31-27(33)30-16-7-6-15-25(30)29-31/h1-16,18H,17,19H2,(H,28,32). The number of hydrogen-bond acceptors (Lipinski definition) is 3. The number of aromatic nitrogens is 3. The first-order valence-corrected chi connectivity index (χ1v) is 10.7. The molecule has 0 unspecified atom stereocenters. The molecule has 0 saturated heterocycles. The summed E-state index contributed by atoms with van der Waals surface area (Å²) in [5.74, 6) is -0.163. The first-order valence-electron chi connectivity index (χ1n) is 10.7. The molecule has 5 aromatic rings. The van der Waals surface area contributed by atoms with E-state index in [1.807, 2.05) is 72.8 Å². The molecule has 0 bridgehead atoms. The summed E-state index contributed by atoms with van der Waals surface area (Å²) in [4.78, 5) is 25.6. The van der Waals surface area contributed by atoms with Gasteiger partial charge in [0, 0.05) is 17.4 Å². The lowest BCUT2D eigenvalue weighted by molar-refractivity contribution is 0.102. The van der Waals surface area contributed by atoms with Crippen LogP contribution in [0.5, 0.6) is 0 Å². The number of nitrogens with zero attached hydrogens (tertiary/aromatic N) is 3. The van der Waals surface area contributed by atoms with Crippen molar-refractivity contribution in [1.82, 2.24) is 14.2 Å². The summed E-state index contributed by atoms with van der Waals surface area (Å²) in [5.41, 5.74) is 4.70. The fraction of sp³-hybridized carbons (Fsp3) is 0.0741.